The number of hydrogen-bond acceptors (Lipinski definition) is 7. The molecule has 1 aromatic heterocycles. The van der Waals surface area contributed by atoms with Gasteiger partial charge >= 0.3 is 0 Å². The van der Waals surface area contributed by atoms with E-state index in [4.69, 9.17) is 4.74 Å². The number of nitrogens with zero attached hydrogens (tertiary/aromatic N) is 4. The minimum atomic E-state index is -3.87. The quantitative estimate of drug-likeness (QED) is 0.537. The van der Waals surface area contributed by atoms with Gasteiger partial charge < -0.3 is 9.84 Å². The molecule has 1 aliphatic heterocycles. The SMILES string of the molecule is C[C@@H]1CN([C@@H](C)CO)S(=O)(=O)c2ccc(-c3ccccc3)cc2O[C@@H]1CN(C)Cc1cncnc1. The Morgan fingerprint density at radius 1 is 1.14 bits per heavy atom. The summed E-state index contributed by atoms with van der Waals surface area (Å²) in [5, 5.41) is 9.83. The summed E-state index contributed by atoms with van der Waals surface area (Å²) < 4.78 is 35.2. The molecule has 9 heteroatoms. The van der Waals surface area contributed by atoms with Crippen LogP contribution in [0.3, 0.4) is 0 Å². The molecule has 0 aliphatic carbocycles. The Kier molecular flexibility index (Phi) is 7.81. The van der Waals surface area contributed by atoms with Crippen molar-refractivity contribution in [2.45, 2.75) is 37.4 Å². The summed E-state index contributed by atoms with van der Waals surface area (Å²) >= 11 is 0. The van der Waals surface area contributed by atoms with Gasteiger partial charge in [0.15, 0.2) is 0 Å². The Balaban J connectivity index is 1.72. The molecule has 0 fully saturated rings. The van der Waals surface area contributed by atoms with E-state index >= 15 is 0 Å². The van der Waals surface area contributed by atoms with Gasteiger partial charge in [0.25, 0.3) is 0 Å². The number of likely N-dealkylation sites (N-methyl/N-ethyl adjacent to an activating group) is 1. The Hall–Kier alpha value is -2.85. The zero-order chi connectivity index (χ0) is 25.0. The molecule has 1 aliphatic rings. The van der Waals surface area contributed by atoms with Gasteiger partial charge in [-0.15, -0.1) is 0 Å². The van der Waals surface area contributed by atoms with Gasteiger partial charge in [-0.2, -0.15) is 4.31 Å². The van der Waals surface area contributed by atoms with E-state index in [9.17, 15) is 13.5 Å². The molecule has 0 radical (unpaired) electrons. The van der Waals surface area contributed by atoms with Crippen LogP contribution in [0, 0.1) is 5.92 Å². The van der Waals surface area contributed by atoms with Crippen LogP contribution in [0.5, 0.6) is 5.75 Å². The Morgan fingerprint density at radius 2 is 1.86 bits per heavy atom. The van der Waals surface area contributed by atoms with Gasteiger partial charge in [-0.25, -0.2) is 18.4 Å². The predicted octanol–water partition coefficient (Wildman–Crippen LogP) is 3.04. The lowest BCUT2D eigenvalue weighted by Gasteiger charge is -2.37. The van der Waals surface area contributed by atoms with E-state index in [-0.39, 0.29) is 30.1 Å². The van der Waals surface area contributed by atoms with E-state index in [1.807, 2.05) is 44.3 Å². The third-order valence-electron chi connectivity index (χ3n) is 6.33. The topological polar surface area (TPSA) is 95.9 Å². The van der Waals surface area contributed by atoms with Gasteiger partial charge in [0.05, 0.1) is 6.61 Å². The van der Waals surface area contributed by atoms with Crippen molar-refractivity contribution in [2.75, 3.05) is 26.7 Å². The molecule has 186 valence electrons. The Labute approximate surface area is 207 Å². The van der Waals surface area contributed by atoms with Crippen molar-refractivity contribution in [3.05, 3.63) is 72.8 Å². The highest BCUT2D eigenvalue weighted by Gasteiger charge is 2.38. The highest BCUT2D eigenvalue weighted by molar-refractivity contribution is 7.89. The van der Waals surface area contributed by atoms with Gasteiger partial charge in [-0.05, 0) is 37.2 Å². The van der Waals surface area contributed by atoms with Gasteiger partial charge in [0.2, 0.25) is 10.0 Å². The number of aliphatic hydroxyl groups is 1. The fourth-order valence-electron chi connectivity index (χ4n) is 4.35. The summed E-state index contributed by atoms with van der Waals surface area (Å²) in [5.74, 6) is 0.205. The second-order valence-electron chi connectivity index (χ2n) is 9.21. The van der Waals surface area contributed by atoms with Crippen molar-refractivity contribution in [3.8, 4) is 16.9 Å². The van der Waals surface area contributed by atoms with Crippen molar-refractivity contribution in [1.82, 2.24) is 19.2 Å². The fraction of sp³-hybridized carbons (Fsp3) is 0.385. The van der Waals surface area contributed by atoms with E-state index < -0.39 is 16.1 Å². The maximum absolute atomic E-state index is 13.7. The molecule has 0 unspecified atom stereocenters. The monoisotopic (exact) mass is 496 g/mol. The average Bonchev–Trinajstić information content (AvgIpc) is 2.86. The minimum Gasteiger partial charge on any atom is -0.487 e. The zero-order valence-corrected chi connectivity index (χ0v) is 21.1. The highest BCUT2D eigenvalue weighted by atomic mass is 32.2. The van der Waals surface area contributed by atoms with Crippen LogP contribution in [-0.4, -0.2) is 71.6 Å². The number of aromatic nitrogens is 2. The lowest BCUT2D eigenvalue weighted by atomic mass is 10.0. The summed E-state index contributed by atoms with van der Waals surface area (Å²) in [5.41, 5.74) is 2.84. The van der Waals surface area contributed by atoms with Crippen LogP contribution >= 0.6 is 0 Å². The van der Waals surface area contributed by atoms with Crippen molar-refractivity contribution < 1.29 is 18.3 Å². The maximum Gasteiger partial charge on any atom is 0.247 e. The molecule has 35 heavy (non-hydrogen) atoms. The first-order valence-corrected chi connectivity index (χ1v) is 13.1. The summed E-state index contributed by atoms with van der Waals surface area (Å²) in [6.07, 6.45) is 4.79. The number of rotatable bonds is 7. The van der Waals surface area contributed by atoms with E-state index in [0.717, 1.165) is 16.7 Å². The van der Waals surface area contributed by atoms with Crippen LogP contribution in [0.1, 0.15) is 19.4 Å². The lowest BCUT2D eigenvalue weighted by Crippen LogP contribution is -2.49. The van der Waals surface area contributed by atoms with Crippen LogP contribution in [0.25, 0.3) is 11.1 Å². The molecule has 1 N–H and O–H groups in total. The molecule has 8 nitrogen and oxygen atoms in total. The van der Waals surface area contributed by atoms with Crippen LogP contribution in [0.2, 0.25) is 0 Å². The Morgan fingerprint density at radius 3 is 2.54 bits per heavy atom. The fourth-order valence-corrected chi connectivity index (χ4v) is 6.17. The normalized spacial score (nSPS) is 20.9. The van der Waals surface area contributed by atoms with E-state index in [0.29, 0.717) is 18.8 Å². The van der Waals surface area contributed by atoms with Gasteiger partial charge in [-0.1, -0.05) is 43.3 Å². The predicted molar refractivity (Wildman–Crippen MR) is 134 cm³/mol. The number of fused-ring (bicyclic) bond motifs is 1. The molecule has 0 saturated carbocycles. The van der Waals surface area contributed by atoms with E-state index in [1.54, 1.807) is 37.5 Å². The number of sulfonamides is 1. The summed E-state index contributed by atoms with van der Waals surface area (Å²) in [6, 6.07) is 14.5. The third kappa shape index (κ3) is 5.70. The molecular weight excluding hydrogens is 464 g/mol. The van der Waals surface area contributed by atoms with Crippen LogP contribution < -0.4 is 4.74 Å². The first kappa shape index (κ1) is 25.2. The molecule has 0 spiro atoms. The van der Waals surface area contributed by atoms with Gasteiger partial charge in [-0.3, -0.25) is 4.90 Å². The summed E-state index contributed by atoms with van der Waals surface area (Å²) in [6.45, 7) is 4.91. The number of benzene rings is 2. The van der Waals surface area contributed by atoms with Crippen LogP contribution in [0.15, 0.2) is 72.1 Å². The zero-order valence-electron chi connectivity index (χ0n) is 20.3. The van der Waals surface area contributed by atoms with Crippen LogP contribution in [0.4, 0.5) is 0 Å². The molecule has 2 aromatic carbocycles. The van der Waals surface area contributed by atoms with Crippen molar-refractivity contribution in [2.24, 2.45) is 5.92 Å². The van der Waals surface area contributed by atoms with Crippen molar-refractivity contribution in [1.29, 1.82) is 0 Å². The molecule has 3 aromatic rings. The number of ether oxygens (including phenoxy) is 1. The summed E-state index contributed by atoms with van der Waals surface area (Å²) in [7, 11) is -1.87. The average molecular weight is 497 g/mol. The van der Waals surface area contributed by atoms with Gasteiger partial charge in [0, 0.05) is 49.6 Å². The Bertz CT molecular complexity index is 1220. The lowest BCUT2D eigenvalue weighted by molar-refractivity contribution is 0.0733. The molecular formula is C26H32N4O4S. The number of aliphatic hydroxyl groups excluding tert-OH is 1. The minimum absolute atomic E-state index is 0.119. The number of hydrogen-bond donors (Lipinski definition) is 1. The summed E-state index contributed by atoms with van der Waals surface area (Å²) in [4.78, 5) is 10.4. The van der Waals surface area contributed by atoms with Crippen LogP contribution in [-0.2, 0) is 16.6 Å². The third-order valence-corrected chi connectivity index (χ3v) is 8.35. The molecule has 2 heterocycles. The molecule has 0 amide bonds. The largest absolute Gasteiger partial charge is 0.487 e. The second-order valence-corrected chi connectivity index (χ2v) is 11.1. The maximum atomic E-state index is 13.7. The smallest absolute Gasteiger partial charge is 0.247 e. The molecule has 4 rings (SSSR count). The highest BCUT2D eigenvalue weighted by Crippen LogP contribution is 2.36. The molecule has 3 atom stereocenters. The van der Waals surface area contributed by atoms with Crippen molar-refractivity contribution >= 4 is 10.0 Å². The van der Waals surface area contributed by atoms with E-state index in [1.165, 1.54) is 10.6 Å². The van der Waals surface area contributed by atoms with Gasteiger partial charge in [0.1, 0.15) is 23.1 Å². The van der Waals surface area contributed by atoms with Crippen molar-refractivity contribution in [3.63, 3.8) is 0 Å². The standard InChI is InChI=1S/C26H32N4O4S/c1-19-14-30(20(2)17-31)35(32,33)26-10-9-23(22-7-5-4-6-8-22)11-24(26)34-25(19)16-29(3)15-21-12-27-18-28-13-21/h4-13,18-20,25,31H,14-17H2,1-3H3/t19-,20+,25-/m1/s1. The second kappa shape index (κ2) is 10.8. The van der Waals surface area contributed by atoms with E-state index in [2.05, 4.69) is 14.9 Å². The molecule has 0 bridgehead atoms. The first-order valence-electron chi connectivity index (χ1n) is 11.7. The first-order chi connectivity index (χ1) is 16.8. The molecule has 0 saturated heterocycles.